The summed E-state index contributed by atoms with van der Waals surface area (Å²) < 4.78 is 0. The Balaban J connectivity index is 2.50. The van der Waals surface area contributed by atoms with Crippen molar-refractivity contribution in [2.24, 2.45) is 0 Å². The lowest BCUT2D eigenvalue weighted by Gasteiger charge is -2.26. The van der Waals surface area contributed by atoms with Crippen LogP contribution in [-0.2, 0) is 12.0 Å². The Kier molecular flexibility index (Phi) is 3.74. The van der Waals surface area contributed by atoms with E-state index in [2.05, 4.69) is 13.0 Å². The van der Waals surface area contributed by atoms with Crippen LogP contribution in [0.5, 0.6) is 0 Å². The van der Waals surface area contributed by atoms with Gasteiger partial charge in [0.15, 0.2) is 0 Å². The summed E-state index contributed by atoms with van der Waals surface area (Å²) in [6.45, 7) is 3.88. The molecule has 0 aliphatic heterocycles. The molecule has 2 aromatic carbocycles. The second-order valence-electron chi connectivity index (χ2n) is 4.61. The average molecular weight is 261 g/mol. The fourth-order valence-corrected chi connectivity index (χ4v) is 2.43. The van der Waals surface area contributed by atoms with Gasteiger partial charge in [0.2, 0.25) is 0 Å². The molecular formula is C16H17ClO. The van der Waals surface area contributed by atoms with E-state index in [4.69, 9.17) is 11.6 Å². The molecule has 2 rings (SSSR count). The van der Waals surface area contributed by atoms with E-state index in [9.17, 15) is 5.11 Å². The Hall–Kier alpha value is -1.31. The number of hydrogen-bond donors (Lipinski definition) is 1. The molecule has 0 spiro atoms. The fraction of sp³-hybridized carbons (Fsp3) is 0.250. The molecule has 1 nitrogen and oxygen atoms in total. The van der Waals surface area contributed by atoms with E-state index in [0.29, 0.717) is 5.02 Å². The summed E-state index contributed by atoms with van der Waals surface area (Å²) in [4.78, 5) is 0. The van der Waals surface area contributed by atoms with Crippen molar-refractivity contribution in [3.63, 3.8) is 0 Å². The standard InChI is InChI=1S/C16H17ClO/c1-3-12-7-6-8-13(11-12)16(2,18)14-9-4-5-10-15(14)17/h4-11,18H,3H2,1-2H3. The van der Waals surface area contributed by atoms with Gasteiger partial charge in [-0.3, -0.25) is 0 Å². The smallest absolute Gasteiger partial charge is 0.113 e. The minimum absolute atomic E-state index is 0.587. The highest BCUT2D eigenvalue weighted by Crippen LogP contribution is 2.34. The zero-order valence-electron chi connectivity index (χ0n) is 10.7. The second kappa shape index (κ2) is 5.13. The molecule has 0 aromatic heterocycles. The molecule has 0 saturated heterocycles. The second-order valence-corrected chi connectivity index (χ2v) is 5.01. The third-order valence-corrected chi connectivity index (χ3v) is 3.63. The van der Waals surface area contributed by atoms with Crippen molar-refractivity contribution in [3.05, 3.63) is 70.2 Å². The molecule has 1 atom stereocenters. The predicted molar refractivity (Wildman–Crippen MR) is 75.9 cm³/mol. The number of rotatable bonds is 3. The number of aryl methyl sites for hydroxylation is 1. The van der Waals surface area contributed by atoms with Gasteiger partial charge in [0.1, 0.15) is 5.60 Å². The molecule has 0 aliphatic rings. The van der Waals surface area contributed by atoms with E-state index in [0.717, 1.165) is 17.5 Å². The Morgan fingerprint density at radius 2 is 1.83 bits per heavy atom. The Morgan fingerprint density at radius 1 is 1.11 bits per heavy atom. The molecule has 0 fully saturated rings. The van der Waals surface area contributed by atoms with E-state index < -0.39 is 5.60 Å². The normalized spacial score (nSPS) is 14.2. The summed E-state index contributed by atoms with van der Waals surface area (Å²) in [5, 5.41) is 11.4. The van der Waals surface area contributed by atoms with Crippen molar-refractivity contribution in [1.29, 1.82) is 0 Å². The molecule has 1 N–H and O–H groups in total. The van der Waals surface area contributed by atoms with Crippen molar-refractivity contribution in [2.45, 2.75) is 25.9 Å². The Morgan fingerprint density at radius 3 is 2.50 bits per heavy atom. The summed E-state index contributed by atoms with van der Waals surface area (Å²) >= 11 is 6.17. The van der Waals surface area contributed by atoms with Gasteiger partial charge in [0.25, 0.3) is 0 Å². The zero-order chi connectivity index (χ0) is 13.2. The van der Waals surface area contributed by atoms with Crippen LogP contribution in [-0.4, -0.2) is 5.11 Å². The van der Waals surface area contributed by atoms with E-state index in [1.807, 2.05) is 36.4 Å². The lowest BCUT2D eigenvalue weighted by Crippen LogP contribution is -2.23. The minimum atomic E-state index is -1.07. The highest BCUT2D eigenvalue weighted by molar-refractivity contribution is 6.31. The third-order valence-electron chi connectivity index (χ3n) is 3.30. The largest absolute Gasteiger partial charge is 0.381 e. The molecule has 0 amide bonds. The quantitative estimate of drug-likeness (QED) is 0.879. The molecule has 0 saturated carbocycles. The number of benzene rings is 2. The van der Waals surface area contributed by atoms with Crippen molar-refractivity contribution < 1.29 is 5.11 Å². The van der Waals surface area contributed by atoms with Crippen LogP contribution in [0.2, 0.25) is 5.02 Å². The third kappa shape index (κ3) is 2.43. The van der Waals surface area contributed by atoms with Gasteiger partial charge in [-0.15, -0.1) is 0 Å². The molecule has 0 bridgehead atoms. The zero-order valence-corrected chi connectivity index (χ0v) is 11.4. The van der Waals surface area contributed by atoms with Crippen molar-refractivity contribution in [1.82, 2.24) is 0 Å². The van der Waals surface area contributed by atoms with Gasteiger partial charge in [0.05, 0.1) is 0 Å². The molecule has 0 heterocycles. The summed E-state index contributed by atoms with van der Waals surface area (Å²) in [6.07, 6.45) is 0.951. The van der Waals surface area contributed by atoms with Gasteiger partial charge in [-0.05, 0) is 30.5 Å². The number of aliphatic hydroxyl groups is 1. The van der Waals surface area contributed by atoms with Crippen LogP contribution in [0.3, 0.4) is 0 Å². The molecule has 94 valence electrons. The fourth-order valence-electron chi connectivity index (χ4n) is 2.11. The predicted octanol–water partition coefficient (Wildman–Crippen LogP) is 4.16. The van der Waals surface area contributed by atoms with Crippen LogP contribution in [0.15, 0.2) is 48.5 Å². The summed E-state index contributed by atoms with van der Waals surface area (Å²) in [5.74, 6) is 0. The number of hydrogen-bond acceptors (Lipinski definition) is 1. The maximum Gasteiger partial charge on any atom is 0.113 e. The summed E-state index contributed by atoms with van der Waals surface area (Å²) in [7, 11) is 0. The van der Waals surface area contributed by atoms with E-state index in [1.54, 1.807) is 13.0 Å². The van der Waals surface area contributed by atoms with Gasteiger partial charge in [-0.25, -0.2) is 0 Å². The average Bonchev–Trinajstić information content (AvgIpc) is 2.39. The molecule has 18 heavy (non-hydrogen) atoms. The van der Waals surface area contributed by atoms with Crippen LogP contribution in [0, 0.1) is 0 Å². The van der Waals surface area contributed by atoms with Gasteiger partial charge >= 0.3 is 0 Å². The monoisotopic (exact) mass is 260 g/mol. The molecule has 2 aromatic rings. The minimum Gasteiger partial charge on any atom is -0.381 e. The van der Waals surface area contributed by atoms with Crippen molar-refractivity contribution >= 4 is 11.6 Å². The highest BCUT2D eigenvalue weighted by atomic mass is 35.5. The number of halogens is 1. The molecule has 0 aliphatic carbocycles. The van der Waals surface area contributed by atoms with E-state index in [1.165, 1.54) is 5.56 Å². The Bertz CT molecular complexity index is 546. The van der Waals surface area contributed by atoms with Crippen LogP contribution >= 0.6 is 11.6 Å². The maximum atomic E-state index is 10.8. The maximum absolute atomic E-state index is 10.8. The molecule has 0 radical (unpaired) electrons. The first-order chi connectivity index (χ1) is 8.55. The van der Waals surface area contributed by atoms with Gasteiger partial charge in [-0.1, -0.05) is 61.0 Å². The first kappa shape index (κ1) is 13.1. The summed E-state index contributed by atoms with van der Waals surface area (Å²) in [6, 6.07) is 15.4. The van der Waals surface area contributed by atoms with Crippen molar-refractivity contribution in [3.8, 4) is 0 Å². The van der Waals surface area contributed by atoms with E-state index >= 15 is 0 Å². The first-order valence-electron chi connectivity index (χ1n) is 6.12. The molecule has 2 heteroatoms. The topological polar surface area (TPSA) is 20.2 Å². The SMILES string of the molecule is CCc1cccc(C(C)(O)c2ccccc2Cl)c1. The first-order valence-corrected chi connectivity index (χ1v) is 6.50. The molecular weight excluding hydrogens is 244 g/mol. The van der Waals surface area contributed by atoms with Gasteiger partial charge < -0.3 is 5.11 Å². The summed E-state index contributed by atoms with van der Waals surface area (Å²) in [5.41, 5.74) is 1.75. The lowest BCUT2D eigenvalue weighted by molar-refractivity contribution is 0.102. The van der Waals surface area contributed by atoms with E-state index in [-0.39, 0.29) is 0 Å². The van der Waals surface area contributed by atoms with Gasteiger partial charge in [-0.2, -0.15) is 0 Å². The Labute approximate surface area is 113 Å². The van der Waals surface area contributed by atoms with Crippen LogP contribution in [0.4, 0.5) is 0 Å². The van der Waals surface area contributed by atoms with Crippen LogP contribution in [0.1, 0.15) is 30.5 Å². The lowest BCUT2D eigenvalue weighted by atomic mass is 9.87. The van der Waals surface area contributed by atoms with Crippen molar-refractivity contribution in [2.75, 3.05) is 0 Å². The highest BCUT2D eigenvalue weighted by Gasteiger charge is 2.27. The molecule has 1 unspecified atom stereocenters. The van der Waals surface area contributed by atoms with Gasteiger partial charge in [0, 0.05) is 10.6 Å². The van der Waals surface area contributed by atoms with Crippen LogP contribution < -0.4 is 0 Å². The van der Waals surface area contributed by atoms with Crippen LogP contribution in [0.25, 0.3) is 0 Å².